The van der Waals surface area contributed by atoms with E-state index in [9.17, 15) is 4.79 Å². The molecule has 0 fully saturated rings. The maximum atomic E-state index is 12.5. The molecule has 3 aromatic rings. The molecule has 0 amide bonds. The molecule has 0 saturated heterocycles. The van der Waals surface area contributed by atoms with Gasteiger partial charge >= 0.3 is 5.97 Å². The van der Waals surface area contributed by atoms with Gasteiger partial charge in [-0.3, -0.25) is 4.79 Å². The highest BCUT2D eigenvalue weighted by Crippen LogP contribution is 2.36. The molecule has 1 heterocycles. The van der Waals surface area contributed by atoms with E-state index in [4.69, 9.17) is 4.74 Å². The van der Waals surface area contributed by atoms with Crippen LogP contribution in [0, 0.1) is 13.8 Å². The molecule has 0 radical (unpaired) electrons. The minimum Gasteiger partial charge on any atom is -0.465 e. The molecule has 0 bridgehead atoms. The van der Waals surface area contributed by atoms with Crippen LogP contribution in [0.15, 0.2) is 53.7 Å². The van der Waals surface area contributed by atoms with Crippen LogP contribution >= 0.6 is 11.8 Å². The highest BCUT2D eigenvalue weighted by Gasteiger charge is 2.26. The molecule has 1 aromatic heterocycles. The summed E-state index contributed by atoms with van der Waals surface area (Å²) in [5.74, 6) is -0.306. The lowest BCUT2D eigenvalue weighted by Gasteiger charge is -2.15. The Balaban J connectivity index is 1.97. The van der Waals surface area contributed by atoms with Crippen LogP contribution in [0.4, 0.5) is 0 Å². The first-order valence-corrected chi connectivity index (χ1v) is 9.22. The molecule has 0 spiro atoms. The van der Waals surface area contributed by atoms with Crippen molar-refractivity contribution in [2.75, 3.05) is 6.61 Å². The number of carbonyl (C=O) groups is 1. The van der Waals surface area contributed by atoms with E-state index in [1.54, 1.807) is 11.6 Å². The van der Waals surface area contributed by atoms with Crippen molar-refractivity contribution in [3.8, 4) is 5.69 Å². The Morgan fingerprint density at radius 1 is 1.19 bits per heavy atom. The molecule has 26 heavy (non-hydrogen) atoms. The fraction of sp³-hybridized carbons (Fsp3) is 0.263. The number of esters is 1. The molecule has 2 aromatic carbocycles. The monoisotopic (exact) mass is 368 g/mol. The maximum absolute atomic E-state index is 12.5. The summed E-state index contributed by atoms with van der Waals surface area (Å²) in [5, 5.41) is 12.1. The summed E-state index contributed by atoms with van der Waals surface area (Å²) in [4.78, 5) is 12.5. The first-order chi connectivity index (χ1) is 12.6. The zero-order valence-electron chi connectivity index (χ0n) is 14.9. The number of aryl methyl sites for hydroxylation is 2. The molecule has 0 aliphatic heterocycles. The zero-order valence-corrected chi connectivity index (χ0v) is 15.7. The second-order valence-electron chi connectivity index (χ2n) is 5.82. The highest BCUT2D eigenvalue weighted by molar-refractivity contribution is 8.00. The number of rotatable bonds is 6. The minimum atomic E-state index is -0.536. The van der Waals surface area contributed by atoms with Crippen LogP contribution in [0.3, 0.4) is 0 Å². The van der Waals surface area contributed by atoms with Gasteiger partial charge in [-0.2, -0.15) is 4.68 Å². The first-order valence-electron chi connectivity index (χ1n) is 8.34. The summed E-state index contributed by atoms with van der Waals surface area (Å²) < 4.78 is 6.93. The van der Waals surface area contributed by atoms with E-state index in [2.05, 4.69) is 15.5 Å². The summed E-state index contributed by atoms with van der Waals surface area (Å²) >= 11 is 1.28. The van der Waals surface area contributed by atoms with E-state index in [1.807, 2.05) is 62.4 Å². The van der Waals surface area contributed by atoms with Crippen molar-refractivity contribution in [1.29, 1.82) is 0 Å². The Hall–Kier alpha value is -2.67. The lowest BCUT2D eigenvalue weighted by Crippen LogP contribution is -2.14. The quantitative estimate of drug-likeness (QED) is 0.488. The number of tetrazole rings is 1. The van der Waals surface area contributed by atoms with Gasteiger partial charge in [0.1, 0.15) is 5.25 Å². The topological polar surface area (TPSA) is 69.9 Å². The van der Waals surface area contributed by atoms with Gasteiger partial charge in [0.2, 0.25) is 5.16 Å². The van der Waals surface area contributed by atoms with Gasteiger partial charge in [-0.05, 0) is 54.0 Å². The van der Waals surface area contributed by atoms with Crippen molar-refractivity contribution in [2.24, 2.45) is 0 Å². The van der Waals surface area contributed by atoms with Gasteiger partial charge in [0.15, 0.2) is 0 Å². The standard InChI is InChI=1S/C19H20N4O2S/c1-4-25-18(24)17(15-8-6-5-7-9-15)26-19-20-21-22-23(19)16-12-13(2)10-11-14(16)3/h5-12,17H,4H2,1-3H3/t17-/m1/s1. The van der Waals surface area contributed by atoms with Crippen LogP contribution in [0.1, 0.15) is 28.9 Å². The second kappa shape index (κ2) is 8.14. The van der Waals surface area contributed by atoms with Crippen LogP contribution in [0.25, 0.3) is 5.69 Å². The third-order valence-corrected chi connectivity index (χ3v) is 5.03. The second-order valence-corrected chi connectivity index (χ2v) is 6.90. The van der Waals surface area contributed by atoms with E-state index in [-0.39, 0.29) is 5.97 Å². The Morgan fingerprint density at radius 2 is 1.96 bits per heavy atom. The molecule has 134 valence electrons. The van der Waals surface area contributed by atoms with Crippen LogP contribution in [-0.4, -0.2) is 32.8 Å². The largest absolute Gasteiger partial charge is 0.465 e. The Morgan fingerprint density at radius 3 is 2.69 bits per heavy atom. The number of thioether (sulfide) groups is 1. The zero-order chi connectivity index (χ0) is 18.5. The average molecular weight is 368 g/mol. The van der Waals surface area contributed by atoms with Crippen LogP contribution in [-0.2, 0) is 9.53 Å². The van der Waals surface area contributed by atoms with Crippen molar-refractivity contribution < 1.29 is 9.53 Å². The molecule has 0 N–H and O–H groups in total. The van der Waals surface area contributed by atoms with Gasteiger partial charge in [-0.1, -0.05) is 54.2 Å². The molecule has 7 heteroatoms. The SMILES string of the molecule is CCOC(=O)[C@H](Sc1nnnn1-c1cc(C)ccc1C)c1ccccc1. The molecule has 0 unspecified atom stereocenters. The number of carbonyl (C=O) groups excluding carboxylic acids is 1. The summed E-state index contributed by atoms with van der Waals surface area (Å²) in [6.45, 7) is 6.14. The molecule has 1 atom stereocenters. The summed E-state index contributed by atoms with van der Waals surface area (Å²) in [5.41, 5.74) is 3.92. The summed E-state index contributed by atoms with van der Waals surface area (Å²) in [6, 6.07) is 15.6. The predicted octanol–water partition coefficient (Wildman–Crippen LogP) is 3.68. The van der Waals surface area contributed by atoms with E-state index >= 15 is 0 Å². The Bertz CT molecular complexity index is 896. The van der Waals surface area contributed by atoms with E-state index < -0.39 is 5.25 Å². The molecular weight excluding hydrogens is 348 g/mol. The van der Waals surface area contributed by atoms with Crippen molar-refractivity contribution in [2.45, 2.75) is 31.2 Å². The normalized spacial score (nSPS) is 12.0. The predicted molar refractivity (Wildman–Crippen MR) is 100 cm³/mol. The number of hydrogen-bond acceptors (Lipinski definition) is 6. The fourth-order valence-corrected chi connectivity index (χ4v) is 3.54. The van der Waals surface area contributed by atoms with Crippen LogP contribution < -0.4 is 0 Å². The van der Waals surface area contributed by atoms with E-state index in [0.29, 0.717) is 11.8 Å². The number of benzene rings is 2. The molecule has 3 rings (SSSR count). The lowest BCUT2D eigenvalue weighted by atomic mass is 10.1. The van der Waals surface area contributed by atoms with Gasteiger partial charge < -0.3 is 4.74 Å². The van der Waals surface area contributed by atoms with Gasteiger partial charge in [0, 0.05) is 0 Å². The van der Waals surface area contributed by atoms with Crippen molar-refractivity contribution in [3.63, 3.8) is 0 Å². The van der Waals surface area contributed by atoms with Crippen LogP contribution in [0.2, 0.25) is 0 Å². The minimum absolute atomic E-state index is 0.306. The summed E-state index contributed by atoms with van der Waals surface area (Å²) in [7, 11) is 0. The van der Waals surface area contributed by atoms with Crippen molar-refractivity contribution in [3.05, 3.63) is 65.2 Å². The summed E-state index contributed by atoms with van der Waals surface area (Å²) in [6.07, 6.45) is 0. The van der Waals surface area contributed by atoms with Gasteiger partial charge in [-0.15, -0.1) is 5.10 Å². The molecule has 0 aliphatic carbocycles. The first kappa shape index (κ1) is 18.1. The van der Waals surface area contributed by atoms with Gasteiger partial charge in [-0.25, -0.2) is 0 Å². The van der Waals surface area contributed by atoms with Crippen molar-refractivity contribution >= 4 is 17.7 Å². The molecular formula is C19H20N4O2S. The third-order valence-electron chi connectivity index (χ3n) is 3.86. The Kier molecular flexibility index (Phi) is 5.68. The van der Waals surface area contributed by atoms with E-state index in [0.717, 1.165) is 22.4 Å². The smallest absolute Gasteiger partial charge is 0.324 e. The fourth-order valence-electron chi connectivity index (χ4n) is 2.55. The van der Waals surface area contributed by atoms with E-state index in [1.165, 1.54) is 11.8 Å². The van der Waals surface area contributed by atoms with Crippen molar-refractivity contribution in [1.82, 2.24) is 20.2 Å². The molecule has 0 aliphatic rings. The average Bonchev–Trinajstić information content (AvgIpc) is 3.10. The molecule has 0 saturated carbocycles. The molecule has 6 nitrogen and oxygen atoms in total. The number of nitrogens with zero attached hydrogens (tertiary/aromatic N) is 4. The number of ether oxygens (including phenoxy) is 1. The third kappa shape index (κ3) is 3.94. The number of hydrogen-bond donors (Lipinski definition) is 0. The lowest BCUT2D eigenvalue weighted by molar-refractivity contribution is -0.142. The van der Waals surface area contributed by atoms with Crippen LogP contribution in [0.5, 0.6) is 0 Å². The highest BCUT2D eigenvalue weighted by atomic mass is 32.2. The maximum Gasteiger partial charge on any atom is 0.324 e. The van der Waals surface area contributed by atoms with Gasteiger partial charge in [0.25, 0.3) is 0 Å². The number of aromatic nitrogens is 4. The van der Waals surface area contributed by atoms with Gasteiger partial charge in [0.05, 0.1) is 12.3 Å². The Labute approximate surface area is 156 Å².